The van der Waals surface area contributed by atoms with Crippen molar-refractivity contribution in [3.63, 3.8) is 0 Å². The first kappa shape index (κ1) is 14.6. The van der Waals surface area contributed by atoms with E-state index < -0.39 is 0 Å². The number of hydrogen-bond donors (Lipinski definition) is 1. The molecular formula is C15H14N6O2. The summed E-state index contributed by atoms with van der Waals surface area (Å²) in [5.74, 6) is 0.345. The van der Waals surface area contributed by atoms with Crippen molar-refractivity contribution < 1.29 is 4.79 Å². The number of aryl methyl sites for hydroxylation is 2. The van der Waals surface area contributed by atoms with Gasteiger partial charge in [-0.15, -0.1) is 5.10 Å². The SMILES string of the molecule is Cc1nnnn1-c1cccc(NC(=O)c2ccc(=O)n(C)c2)c1. The summed E-state index contributed by atoms with van der Waals surface area (Å²) in [5.41, 5.74) is 1.58. The molecule has 2 heterocycles. The number of nitrogens with one attached hydrogen (secondary N) is 1. The van der Waals surface area contributed by atoms with Crippen LogP contribution < -0.4 is 10.9 Å². The van der Waals surface area contributed by atoms with Crippen LogP contribution >= 0.6 is 0 Å². The van der Waals surface area contributed by atoms with Gasteiger partial charge in [0, 0.05) is 25.0 Å². The van der Waals surface area contributed by atoms with Crippen LogP contribution in [-0.4, -0.2) is 30.7 Å². The predicted molar refractivity (Wildman–Crippen MR) is 83.5 cm³/mol. The van der Waals surface area contributed by atoms with Crippen molar-refractivity contribution >= 4 is 11.6 Å². The van der Waals surface area contributed by atoms with Gasteiger partial charge >= 0.3 is 0 Å². The molecule has 1 amide bonds. The number of pyridine rings is 1. The molecular weight excluding hydrogens is 296 g/mol. The van der Waals surface area contributed by atoms with Crippen LogP contribution in [0.15, 0.2) is 47.4 Å². The lowest BCUT2D eigenvalue weighted by Gasteiger charge is -2.08. The molecule has 0 fully saturated rings. The van der Waals surface area contributed by atoms with Crippen LogP contribution in [-0.2, 0) is 7.05 Å². The molecule has 0 radical (unpaired) electrons. The Labute approximate surface area is 131 Å². The zero-order valence-electron chi connectivity index (χ0n) is 12.6. The maximum absolute atomic E-state index is 12.3. The van der Waals surface area contributed by atoms with Gasteiger partial charge in [0.1, 0.15) is 0 Å². The van der Waals surface area contributed by atoms with Crippen LogP contribution in [0.4, 0.5) is 5.69 Å². The molecule has 0 spiro atoms. The standard InChI is InChI=1S/C15H14N6O2/c1-10-17-18-19-21(10)13-5-3-4-12(8-13)16-15(23)11-6-7-14(22)20(2)9-11/h3-9H,1-2H3,(H,16,23). The molecule has 8 nitrogen and oxygen atoms in total. The second kappa shape index (κ2) is 5.84. The molecule has 8 heteroatoms. The maximum atomic E-state index is 12.3. The van der Waals surface area contributed by atoms with Gasteiger partial charge in [-0.1, -0.05) is 6.07 Å². The number of hydrogen-bond acceptors (Lipinski definition) is 5. The predicted octanol–water partition coefficient (Wildman–Crippen LogP) is 0.922. The lowest BCUT2D eigenvalue weighted by atomic mass is 10.2. The van der Waals surface area contributed by atoms with E-state index in [4.69, 9.17) is 0 Å². The minimum absolute atomic E-state index is 0.169. The molecule has 0 atom stereocenters. The third kappa shape index (κ3) is 3.00. The number of tetrazole rings is 1. The molecule has 0 saturated carbocycles. The van der Waals surface area contributed by atoms with Gasteiger partial charge in [-0.25, -0.2) is 0 Å². The van der Waals surface area contributed by atoms with Crippen LogP contribution in [0.2, 0.25) is 0 Å². The van der Waals surface area contributed by atoms with Crippen LogP contribution in [0.25, 0.3) is 5.69 Å². The molecule has 23 heavy (non-hydrogen) atoms. The maximum Gasteiger partial charge on any atom is 0.257 e. The summed E-state index contributed by atoms with van der Waals surface area (Å²) in [5, 5.41) is 14.1. The van der Waals surface area contributed by atoms with E-state index in [0.717, 1.165) is 5.69 Å². The molecule has 1 N–H and O–H groups in total. The van der Waals surface area contributed by atoms with E-state index in [1.54, 1.807) is 36.9 Å². The lowest BCUT2D eigenvalue weighted by molar-refractivity contribution is 0.102. The minimum atomic E-state index is -0.300. The lowest BCUT2D eigenvalue weighted by Crippen LogP contribution is -2.19. The average Bonchev–Trinajstić information content (AvgIpc) is 2.96. The molecule has 0 aliphatic carbocycles. The van der Waals surface area contributed by atoms with Gasteiger partial charge in [0.2, 0.25) is 5.56 Å². The fourth-order valence-electron chi connectivity index (χ4n) is 2.12. The largest absolute Gasteiger partial charge is 0.322 e. The zero-order valence-corrected chi connectivity index (χ0v) is 12.6. The highest BCUT2D eigenvalue weighted by Gasteiger charge is 2.09. The third-order valence-electron chi connectivity index (χ3n) is 3.32. The second-order valence-electron chi connectivity index (χ2n) is 5.01. The van der Waals surface area contributed by atoms with Gasteiger partial charge in [0.15, 0.2) is 5.82 Å². The Kier molecular flexibility index (Phi) is 3.71. The van der Waals surface area contributed by atoms with Crippen molar-refractivity contribution in [3.8, 4) is 5.69 Å². The molecule has 3 rings (SSSR count). The summed E-state index contributed by atoms with van der Waals surface area (Å²) in [6.45, 7) is 1.79. The highest BCUT2D eigenvalue weighted by molar-refractivity contribution is 6.04. The first-order valence-electron chi connectivity index (χ1n) is 6.88. The van der Waals surface area contributed by atoms with Crippen molar-refractivity contribution in [2.45, 2.75) is 6.92 Å². The number of anilines is 1. The molecule has 116 valence electrons. The monoisotopic (exact) mass is 310 g/mol. The summed E-state index contributed by atoms with van der Waals surface area (Å²) < 4.78 is 2.93. The molecule has 0 aliphatic heterocycles. The number of aromatic nitrogens is 5. The Morgan fingerprint density at radius 1 is 1.22 bits per heavy atom. The highest BCUT2D eigenvalue weighted by atomic mass is 16.2. The molecule has 0 aliphatic rings. The number of carbonyl (C=O) groups is 1. The number of amides is 1. The van der Waals surface area contributed by atoms with Gasteiger partial charge < -0.3 is 9.88 Å². The van der Waals surface area contributed by atoms with Crippen LogP contribution in [0.3, 0.4) is 0 Å². The Balaban J connectivity index is 1.85. The van der Waals surface area contributed by atoms with Crippen molar-refractivity contribution in [1.82, 2.24) is 24.8 Å². The van der Waals surface area contributed by atoms with E-state index in [1.165, 1.54) is 22.9 Å². The fourth-order valence-corrected chi connectivity index (χ4v) is 2.12. The first-order valence-corrected chi connectivity index (χ1v) is 6.88. The van der Waals surface area contributed by atoms with E-state index in [0.29, 0.717) is 17.1 Å². The Morgan fingerprint density at radius 2 is 2.04 bits per heavy atom. The van der Waals surface area contributed by atoms with Crippen molar-refractivity contribution in [2.75, 3.05) is 5.32 Å². The Bertz CT molecular complexity index is 927. The van der Waals surface area contributed by atoms with Gasteiger partial charge in [0.25, 0.3) is 5.91 Å². The van der Waals surface area contributed by atoms with Crippen molar-refractivity contribution in [3.05, 3.63) is 64.3 Å². The van der Waals surface area contributed by atoms with E-state index in [-0.39, 0.29) is 11.5 Å². The molecule has 0 bridgehead atoms. The van der Waals surface area contributed by atoms with Crippen LogP contribution in [0.1, 0.15) is 16.2 Å². The number of benzene rings is 1. The first-order chi connectivity index (χ1) is 11.0. The van der Waals surface area contributed by atoms with Gasteiger partial charge in [0.05, 0.1) is 11.3 Å². The minimum Gasteiger partial charge on any atom is -0.322 e. The normalized spacial score (nSPS) is 10.5. The van der Waals surface area contributed by atoms with Gasteiger partial charge in [-0.05, 0) is 41.6 Å². The van der Waals surface area contributed by atoms with E-state index in [2.05, 4.69) is 20.8 Å². The smallest absolute Gasteiger partial charge is 0.257 e. The quantitative estimate of drug-likeness (QED) is 0.776. The Hall–Kier alpha value is -3.29. The van der Waals surface area contributed by atoms with E-state index >= 15 is 0 Å². The number of carbonyl (C=O) groups excluding carboxylic acids is 1. The summed E-state index contributed by atoms with van der Waals surface area (Å²) in [6, 6.07) is 10.0. The topological polar surface area (TPSA) is 94.7 Å². The van der Waals surface area contributed by atoms with Crippen molar-refractivity contribution in [1.29, 1.82) is 0 Å². The molecule has 1 aromatic carbocycles. The fraction of sp³-hybridized carbons (Fsp3) is 0.133. The second-order valence-corrected chi connectivity index (χ2v) is 5.01. The molecule has 0 unspecified atom stereocenters. The summed E-state index contributed by atoms with van der Waals surface area (Å²) >= 11 is 0. The summed E-state index contributed by atoms with van der Waals surface area (Å²) in [6.07, 6.45) is 1.49. The number of nitrogens with zero attached hydrogens (tertiary/aromatic N) is 5. The summed E-state index contributed by atoms with van der Waals surface area (Å²) in [4.78, 5) is 23.6. The van der Waals surface area contributed by atoms with E-state index in [9.17, 15) is 9.59 Å². The number of rotatable bonds is 3. The zero-order chi connectivity index (χ0) is 16.4. The van der Waals surface area contributed by atoms with Crippen LogP contribution in [0, 0.1) is 6.92 Å². The van der Waals surface area contributed by atoms with Gasteiger partial charge in [-0.2, -0.15) is 4.68 Å². The van der Waals surface area contributed by atoms with Crippen LogP contribution in [0.5, 0.6) is 0 Å². The van der Waals surface area contributed by atoms with E-state index in [1.807, 2.05) is 6.07 Å². The molecule has 3 aromatic rings. The Morgan fingerprint density at radius 3 is 2.74 bits per heavy atom. The molecule has 0 saturated heterocycles. The third-order valence-corrected chi connectivity index (χ3v) is 3.32. The average molecular weight is 310 g/mol. The summed E-state index contributed by atoms with van der Waals surface area (Å²) in [7, 11) is 1.60. The van der Waals surface area contributed by atoms with Crippen molar-refractivity contribution in [2.24, 2.45) is 7.05 Å². The highest BCUT2D eigenvalue weighted by Crippen LogP contribution is 2.15. The molecule has 2 aromatic heterocycles. The van der Waals surface area contributed by atoms with Gasteiger partial charge in [-0.3, -0.25) is 9.59 Å².